The molecular formula is C61H64Cl2Zr-2. The molecule has 328 valence electrons. The Labute approximate surface area is 412 Å². The first-order chi connectivity index (χ1) is 29.8. The molecule has 3 heteroatoms. The third kappa shape index (κ3) is 8.56. The van der Waals surface area contributed by atoms with Crippen LogP contribution < -0.4 is 24.8 Å². The molecule has 1 fully saturated rings. The molecule has 0 bridgehead atoms. The quantitative estimate of drug-likeness (QED) is 0.146. The van der Waals surface area contributed by atoms with Crippen LogP contribution in [0.15, 0.2) is 205 Å². The molecule has 2 unspecified atom stereocenters. The minimum Gasteiger partial charge on any atom is -0.214 e. The van der Waals surface area contributed by atoms with E-state index in [9.17, 15) is 0 Å². The van der Waals surface area contributed by atoms with Crippen LogP contribution in [0, 0.1) is 33.5 Å². The zero-order chi connectivity index (χ0) is 43.7. The third-order valence-electron chi connectivity index (χ3n) is 16.5. The molecule has 6 aromatic rings. The summed E-state index contributed by atoms with van der Waals surface area (Å²) in [5, 5.41) is 0. The van der Waals surface area contributed by atoms with Gasteiger partial charge in [0.1, 0.15) is 0 Å². The van der Waals surface area contributed by atoms with Gasteiger partial charge in [0.25, 0.3) is 0 Å². The SMILES string of the molecule is C[C-]1C2=C3Cc4ccccc4C3=C3C=CCCC3C2(C)C(C)(C)C(C)(C)C1(C)C.[Cl-].[Cl-].[Zr+2]=[C](C(c1ccccc1)c1ccccc1)C(c1ccccc1)c1ccccc1.c1cc[cH-]c1. The number of allylic oxidation sites excluding steroid dienone is 6. The summed E-state index contributed by atoms with van der Waals surface area (Å²) in [6, 6.07) is 62.8. The summed E-state index contributed by atoms with van der Waals surface area (Å²) in [5.74, 6) is 2.81. The van der Waals surface area contributed by atoms with Crippen molar-refractivity contribution in [1.29, 1.82) is 0 Å². The maximum absolute atomic E-state index is 2.62. The van der Waals surface area contributed by atoms with E-state index in [1.165, 1.54) is 73.7 Å². The molecule has 0 aromatic heterocycles. The molecule has 4 aliphatic rings. The maximum atomic E-state index is 2.62. The second-order valence-corrected chi connectivity index (χ2v) is 21.1. The molecule has 0 nitrogen and oxygen atoms in total. The van der Waals surface area contributed by atoms with Gasteiger partial charge >= 0.3 is 183 Å². The number of hydrogen-bond acceptors (Lipinski definition) is 0. The number of fused-ring (bicyclic) bond motifs is 6. The van der Waals surface area contributed by atoms with Gasteiger partial charge in [-0.05, 0) is 40.6 Å². The smallest absolute Gasteiger partial charge is 0.172 e. The molecule has 6 aromatic carbocycles. The van der Waals surface area contributed by atoms with E-state index in [1.54, 1.807) is 28.2 Å². The molecule has 10 rings (SSSR count). The predicted octanol–water partition coefficient (Wildman–Crippen LogP) is 9.75. The summed E-state index contributed by atoms with van der Waals surface area (Å²) in [4.78, 5) is 0. The van der Waals surface area contributed by atoms with Crippen molar-refractivity contribution in [2.45, 2.75) is 86.5 Å². The maximum Gasteiger partial charge on any atom is -0.172 e. The van der Waals surface area contributed by atoms with Crippen molar-refractivity contribution in [1.82, 2.24) is 0 Å². The molecule has 4 aliphatic carbocycles. The van der Waals surface area contributed by atoms with Crippen molar-refractivity contribution in [2.75, 3.05) is 0 Å². The molecule has 0 N–H and O–H groups in total. The van der Waals surface area contributed by atoms with Gasteiger partial charge in [-0.3, -0.25) is 0 Å². The van der Waals surface area contributed by atoms with Gasteiger partial charge in [0.15, 0.2) is 0 Å². The first-order valence-corrected chi connectivity index (χ1v) is 24.1. The number of rotatable bonds is 6. The van der Waals surface area contributed by atoms with Crippen molar-refractivity contribution >= 4 is 8.78 Å². The molecule has 0 spiro atoms. The van der Waals surface area contributed by atoms with Crippen LogP contribution in [0.5, 0.6) is 0 Å². The van der Waals surface area contributed by atoms with Crippen LogP contribution in [0.2, 0.25) is 0 Å². The van der Waals surface area contributed by atoms with Gasteiger partial charge in [-0.1, -0.05) is 113 Å². The first-order valence-electron chi connectivity index (χ1n) is 22.8. The zero-order valence-corrected chi connectivity index (χ0v) is 43.0. The molecule has 1 saturated carbocycles. The molecule has 0 aliphatic heterocycles. The van der Waals surface area contributed by atoms with Gasteiger partial charge in [-0.15, -0.1) is 6.92 Å². The van der Waals surface area contributed by atoms with Gasteiger partial charge in [0.2, 0.25) is 0 Å². The van der Waals surface area contributed by atoms with Crippen LogP contribution in [0.25, 0.3) is 5.57 Å². The average Bonchev–Trinajstić information content (AvgIpc) is 4.01. The summed E-state index contributed by atoms with van der Waals surface area (Å²) in [6.45, 7) is 20.3. The van der Waals surface area contributed by atoms with E-state index in [0.717, 1.165) is 6.42 Å². The van der Waals surface area contributed by atoms with Crippen LogP contribution in [0.3, 0.4) is 0 Å². The van der Waals surface area contributed by atoms with E-state index < -0.39 is 0 Å². The Balaban J connectivity index is 0.000000186. The summed E-state index contributed by atoms with van der Waals surface area (Å²) in [7, 11) is 0. The standard InChI is InChI=1S/C29H37.C27H22.C5H5.2ClH.Zr/c1-18-25-22-17-19-13-9-10-14-20(19)24(22)21-15-11-12-16-23(21)29(25,8)28(6,7)27(4,5)26(18,2)3;1-5-13-22(14-6-1)26(23-15-7-2-8-16-23)21-27(24-17-9-3-10-18-24)25-19-11-4-12-20-25;1-2-4-5-3-1;;;/h9-11,13-15,23H,12,16-17H2,1-8H3;1-20,26-27H;1-5H;2*1H;/q-1;;-1;;;+2/p-2. The monoisotopic (exact) mass is 956 g/mol. The van der Waals surface area contributed by atoms with Crippen molar-refractivity contribution in [2.24, 2.45) is 27.6 Å². The van der Waals surface area contributed by atoms with Crippen molar-refractivity contribution < 1.29 is 49.0 Å². The molecule has 0 radical (unpaired) electrons. The minimum atomic E-state index is 0. The Bertz CT molecular complexity index is 2380. The van der Waals surface area contributed by atoms with Crippen LogP contribution in [0.4, 0.5) is 0 Å². The van der Waals surface area contributed by atoms with E-state index in [1.807, 2.05) is 30.3 Å². The third-order valence-corrected chi connectivity index (χ3v) is 17.9. The van der Waals surface area contributed by atoms with Gasteiger partial charge in [-0.25, -0.2) is 18.1 Å². The summed E-state index contributed by atoms with van der Waals surface area (Å²) in [6.07, 6.45) is 8.50. The topological polar surface area (TPSA) is 0 Å². The summed E-state index contributed by atoms with van der Waals surface area (Å²) < 4.78 is 1.53. The molecule has 2 atom stereocenters. The van der Waals surface area contributed by atoms with Crippen molar-refractivity contribution in [3.63, 3.8) is 0 Å². The van der Waals surface area contributed by atoms with E-state index in [4.69, 9.17) is 0 Å². The minimum absolute atomic E-state index is 0. The normalized spacial score (nSPS) is 20.5. The largest absolute Gasteiger partial charge is 0.214 e. The van der Waals surface area contributed by atoms with Gasteiger partial charge < -0.3 is 24.8 Å². The van der Waals surface area contributed by atoms with Gasteiger partial charge in [0, 0.05) is 0 Å². The Morgan fingerprint density at radius 3 is 1.47 bits per heavy atom. The van der Waals surface area contributed by atoms with E-state index >= 15 is 0 Å². The van der Waals surface area contributed by atoms with Crippen LogP contribution in [-0.4, -0.2) is 3.21 Å². The van der Waals surface area contributed by atoms with Gasteiger partial charge in [0.05, 0.1) is 0 Å². The van der Waals surface area contributed by atoms with Crippen LogP contribution >= 0.6 is 0 Å². The van der Waals surface area contributed by atoms with Crippen LogP contribution in [0.1, 0.15) is 113 Å². The molecule has 0 saturated heterocycles. The van der Waals surface area contributed by atoms with Crippen molar-refractivity contribution in [3.8, 4) is 0 Å². The fourth-order valence-corrected chi connectivity index (χ4v) is 13.4. The Morgan fingerprint density at radius 1 is 0.594 bits per heavy atom. The Hall–Kier alpha value is -4.13. The summed E-state index contributed by atoms with van der Waals surface area (Å²) >= 11 is 1.47. The van der Waals surface area contributed by atoms with E-state index in [2.05, 4.69) is 213 Å². The Kier molecular flexibility index (Phi) is 15.5. The van der Waals surface area contributed by atoms with Crippen molar-refractivity contribution in [3.05, 3.63) is 244 Å². The predicted molar refractivity (Wildman–Crippen MR) is 261 cm³/mol. The first kappa shape index (κ1) is 49.3. The number of hydrogen-bond donors (Lipinski definition) is 0. The molecule has 64 heavy (non-hydrogen) atoms. The second kappa shape index (κ2) is 20.2. The zero-order valence-electron chi connectivity index (χ0n) is 39.0. The van der Waals surface area contributed by atoms with Crippen LogP contribution in [-0.2, 0) is 30.7 Å². The molecule has 0 amide bonds. The molecule has 0 heterocycles. The van der Waals surface area contributed by atoms with Gasteiger partial charge in [-0.2, -0.15) is 29.3 Å². The average molecular weight is 959 g/mol. The second-order valence-electron chi connectivity index (χ2n) is 19.7. The fraction of sp³-hybridized carbons (Fsp3) is 0.295. The fourth-order valence-electron chi connectivity index (χ4n) is 11.7. The molecular weight excluding hydrogens is 895 g/mol. The summed E-state index contributed by atoms with van der Waals surface area (Å²) in [5.41, 5.74) is 15.7. The Morgan fingerprint density at radius 2 is 1.03 bits per heavy atom. The number of benzene rings is 5. The van der Waals surface area contributed by atoms with E-state index in [0.29, 0.717) is 5.92 Å². The van der Waals surface area contributed by atoms with E-state index in [-0.39, 0.29) is 58.3 Å². The number of halogens is 2.